The highest BCUT2D eigenvalue weighted by Gasteiger charge is 2.36. The number of benzene rings is 1. The second kappa shape index (κ2) is 5.49. The van der Waals surface area contributed by atoms with Gasteiger partial charge in [-0.25, -0.2) is 4.39 Å². The van der Waals surface area contributed by atoms with E-state index in [0.717, 1.165) is 6.07 Å². The van der Waals surface area contributed by atoms with Gasteiger partial charge in [-0.1, -0.05) is 0 Å². The van der Waals surface area contributed by atoms with Crippen molar-refractivity contribution in [1.29, 1.82) is 0 Å². The van der Waals surface area contributed by atoms with Gasteiger partial charge >= 0.3 is 6.18 Å². The largest absolute Gasteiger partial charge is 0.419 e. The van der Waals surface area contributed by atoms with Crippen molar-refractivity contribution in [1.82, 2.24) is 5.32 Å². The van der Waals surface area contributed by atoms with Crippen molar-refractivity contribution in [2.75, 3.05) is 13.7 Å². The number of rotatable bonds is 3. The zero-order chi connectivity index (χ0) is 14.9. The van der Waals surface area contributed by atoms with Crippen LogP contribution in [0.2, 0.25) is 0 Å². The number of alkyl halides is 3. The Kier molecular flexibility index (Phi) is 4.10. The zero-order valence-corrected chi connectivity index (χ0v) is 10.6. The van der Waals surface area contributed by atoms with Gasteiger partial charge in [0.1, 0.15) is 5.82 Å². The third-order valence-corrected chi connectivity index (χ3v) is 3.30. The van der Waals surface area contributed by atoms with Crippen molar-refractivity contribution in [2.45, 2.75) is 24.7 Å². The molecular formula is C13H13F4NO2. The molecule has 1 heterocycles. The number of ketones is 1. The van der Waals surface area contributed by atoms with E-state index in [4.69, 9.17) is 4.74 Å². The Balaban J connectivity index is 2.23. The second-order valence-corrected chi connectivity index (χ2v) is 4.61. The summed E-state index contributed by atoms with van der Waals surface area (Å²) in [5, 5.41) is 2.88. The third-order valence-electron chi connectivity index (χ3n) is 3.30. The molecule has 1 saturated heterocycles. The molecule has 1 aliphatic heterocycles. The predicted molar refractivity (Wildman–Crippen MR) is 62.9 cm³/mol. The molecule has 1 aromatic carbocycles. The fourth-order valence-electron chi connectivity index (χ4n) is 2.18. The van der Waals surface area contributed by atoms with Crippen LogP contribution in [0.25, 0.3) is 0 Å². The van der Waals surface area contributed by atoms with Crippen LogP contribution in [-0.4, -0.2) is 31.6 Å². The van der Waals surface area contributed by atoms with E-state index < -0.39 is 29.4 Å². The van der Waals surface area contributed by atoms with Crippen LogP contribution in [0.1, 0.15) is 22.3 Å². The van der Waals surface area contributed by atoms with Gasteiger partial charge in [-0.15, -0.1) is 0 Å². The lowest BCUT2D eigenvalue weighted by Crippen LogP contribution is -2.31. The molecule has 1 aliphatic rings. The Morgan fingerprint density at radius 3 is 2.65 bits per heavy atom. The Morgan fingerprint density at radius 1 is 1.40 bits per heavy atom. The summed E-state index contributed by atoms with van der Waals surface area (Å²) < 4.78 is 56.0. The van der Waals surface area contributed by atoms with Crippen molar-refractivity contribution >= 4 is 5.78 Å². The van der Waals surface area contributed by atoms with Gasteiger partial charge in [0.05, 0.1) is 17.7 Å². The zero-order valence-electron chi connectivity index (χ0n) is 10.6. The molecule has 0 spiro atoms. The van der Waals surface area contributed by atoms with Crippen LogP contribution in [0.3, 0.4) is 0 Å². The van der Waals surface area contributed by atoms with Crippen LogP contribution >= 0.6 is 0 Å². The highest BCUT2D eigenvalue weighted by Crippen LogP contribution is 2.32. The Morgan fingerprint density at radius 2 is 2.10 bits per heavy atom. The maximum Gasteiger partial charge on any atom is 0.419 e. The van der Waals surface area contributed by atoms with Crippen LogP contribution in [0.15, 0.2) is 18.2 Å². The van der Waals surface area contributed by atoms with Gasteiger partial charge in [0, 0.05) is 19.2 Å². The molecule has 0 bridgehead atoms. The van der Waals surface area contributed by atoms with E-state index in [0.29, 0.717) is 25.1 Å². The minimum Gasteiger partial charge on any atom is -0.380 e. The molecule has 3 nitrogen and oxygen atoms in total. The highest BCUT2D eigenvalue weighted by atomic mass is 19.4. The van der Waals surface area contributed by atoms with Gasteiger partial charge in [-0.05, 0) is 24.6 Å². The van der Waals surface area contributed by atoms with E-state index in [1.807, 2.05) is 0 Å². The fourth-order valence-corrected chi connectivity index (χ4v) is 2.18. The summed E-state index contributed by atoms with van der Waals surface area (Å²) in [5.41, 5.74) is -1.59. The van der Waals surface area contributed by atoms with E-state index >= 15 is 0 Å². The lowest BCUT2D eigenvalue weighted by Gasteiger charge is -2.12. The predicted octanol–water partition coefficient (Wildman–Crippen LogP) is 2.40. The maximum atomic E-state index is 13.2. The molecule has 20 heavy (non-hydrogen) atoms. The number of nitrogens with one attached hydrogen (secondary N) is 1. The number of halogens is 4. The molecule has 2 atom stereocenters. The first-order chi connectivity index (χ1) is 9.32. The first kappa shape index (κ1) is 14.9. The Hall–Kier alpha value is -1.47. The molecule has 7 heteroatoms. The molecule has 2 unspecified atom stereocenters. The van der Waals surface area contributed by atoms with Gasteiger partial charge in [-0.3, -0.25) is 4.79 Å². The first-order valence-corrected chi connectivity index (χ1v) is 6.00. The smallest absolute Gasteiger partial charge is 0.380 e. The summed E-state index contributed by atoms with van der Waals surface area (Å²) in [4.78, 5) is 12.1. The Bertz CT molecular complexity index is 516. The summed E-state index contributed by atoms with van der Waals surface area (Å²) in [5.74, 6) is -1.88. The molecule has 2 rings (SSSR count). The summed E-state index contributed by atoms with van der Waals surface area (Å²) in [6.07, 6.45) is -4.58. The van der Waals surface area contributed by atoms with Crippen LogP contribution in [0.5, 0.6) is 0 Å². The normalized spacial score (nSPS) is 23.1. The van der Waals surface area contributed by atoms with Crippen molar-refractivity contribution in [3.8, 4) is 0 Å². The topological polar surface area (TPSA) is 38.3 Å². The van der Waals surface area contributed by atoms with E-state index in [9.17, 15) is 22.4 Å². The van der Waals surface area contributed by atoms with Crippen molar-refractivity contribution in [2.24, 2.45) is 0 Å². The second-order valence-electron chi connectivity index (χ2n) is 4.61. The third kappa shape index (κ3) is 2.99. The lowest BCUT2D eigenvalue weighted by molar-refractivity contribution is -0.140. The number of carbonyl (C=O) groups excluding carboxylic acids is 1. The molecule has 1 N–H and O–H groups in total. The standard InChI is InChI=1S/C13H13F4NO2/c1-20-8-5-11(18-6-8)12(19)7-2-3-10(14)9(4-7)13(15,16)17/h2-4,8,11,18H,5-6H2,1H3. The minimum absolute atomic E-state index is 0.147. The van der Waals surface area contributed by atoms with Gasteiger partial charge in [0.25, 0.3) is 0 Å². The number of Topliss-reactive ketones (excluding diaryl/α,β-unsaturated/α-hetero) is 1. The van der Waals surface area contributed by atoms with E-state index in [1.54, 1.807) is 0 Å². The number of ether oxygens (including phenoxy) is 1. The van der Waals surface area contributed by atoms with E-state index in [2.05, 4.69) is 5.32 Å². The molecule has 0 saturated carbocycles. The molecular weight excluding hydrogens is 278 g/mol. The van der Waals surface area contributed by atoms with Crippen molar-refractivity contribution in [3.63, 3.8) is 0 Å². The number of carbonyl (C=O) groups is 1. The van der Waals surface area contributed by atoms with Crippen molar-refractivity contribution < 1.29 is 27.1 Å². The molecule has 0 amide bonds. The number of hydrogen-bond acceptors (Lipinski definition) is 3. The van der Waals surface area contributed by atoms with Crippen molar-refractivity contribution in [3.05, 3.63) is 35.1 Å². The highest BCUT2D eigenvalue weighted by molar-refractivity contribution is 6.00. The van der Waals surface area contributed by atoms with Crippen LogP contribution in [0, 0.1) is 5.82 Å². The van der Waals surface area contributed by atoms with E-state index in [1.165, 1.54) is 7.11 Å². The molecule has 110 valence electrons. The molecule has 0 aliphatic carbocycles. The van der Waals surface area contributed by atoms with Gasteiger partial charge < -0.3 is 10.1 Å². The minimum atomic E-state index is -4.82. The lowest BCUT2D eigenvalue weighted by atomic mass is 10.00. The monoisotopic (exact) mass is 291 g/mol. The summed E-state index contributed by atoms with van der Waals surface area (Å²) in [7, 11) is 1.50. The Labute approximate surface area is 112 Å². The molecule has 1 aromatic rings. The molecule has 0 aromatic heterocycles. The number of hydrogen-bond donors (Lipinski definition) is 1. The van der Waals surface area contributed by atoms with Crippen LogP contribution in [-0.2, 0) is 10.9 Å². The average Bonchev–Trinajstić information content (AvgIpc) is 2.86. The van der Waals surface area contributed by atoms with Crippen LogP contribution in [0.4, 0.5) is 17.6 Å². The quantitative estimate of drug-likeness (QED) is 0.686. The SMILES string of the molecule is COC1CNC(C(=O)c2ccc(F)c(C(F)(F)F)c2)C1. The van der Waals surface area contributed by atoms with Gasteiger partial charge in [0.15, 0.2) is 5.78 Å². The summed E-state index contributed by atoms with van der Waals surface area (Å²) in [6.45, 7) is 0.459. The summed E-state index contributed by atoms with van der Waals surface area (Å²) in [6, 6.07) is 1.68. The molecule has 1 fully saturated rings. The average molecular weight is 291 g/mol. The van der Waals surface area contributed by atoms with Gasteiger partial charge in [0.2, 0.25) is 0 Å². The maximum absolute atomic E-state index is 13.2. The molecule has 0 radical (unpaired) electrons. The summed E-state index contributed by atoms with van der Waals surface area (Å²) >= 11 is 0. The van der Waals surface area contributed by atoms with Gasteiger partial charge in [-0.2, -0.15) is 13.2 Å². The fraction of sp³-hybridized carbons (Fsp3) is 0.462. The number of methoxy groups -OCH3 is 1. The first-order valence-electron chi connectivity index (χ1n) is 6.00. The van der Waals surface area contributed by atoms with E-state index in [-0.39, 0.29) is 11.7 Å². The van der Waals surface area contributed by atoms with Crippen LogP contribution < -0.4 is 5.32 Å².